The van der Waals surface area contributed by atoms with Crippen LogP contribution in [0, 0.1) is 0 Å². The van der Waals surface area contributed by atoms with Crippen molar-refractivity contribution in [3.8, 4) is 11.5 Å². The minimum absolute atomic E-state index is 0.190. The summed E-state index contributed by atoms with van der Waals surface area (Å²) in [5, 5.41) is 22.5. The predicted octanol–water partition coefficient (Wildman–Crippen LogP) is 6.53. The molecule has 0 amide bonds. The molecule has 0 aliphatic rings. The fourth-order valence-corrected chi connectivity index (χ4v) is 3.44. The van der Waals surface area contributed by atoms with E-state index in [1.54, 1.807) is 24.3 Å². The summed E-state index contributed by atoms with van der Waals surface area (Å²) in [6.45, 7) is 3.74. The summed E-state index contributed by atoms with van der Waals surface area (Å²) in [5.41, 5.74) is 4.14. The number of rotatable bonds is 4. The summed E-state index contributed by atoms with van der Waals surface area (Å²) in [5.74, 6) is 0.380. The molecule has 0 saturated heterocycles. The zero-order valence-electron chi connectivity index (χ0n) is 16.9. The van der Waals surface area contributed by atoms with Gasteiger partial charge in [0.1, 0.15) is 11.5 Å². The van der Waals surface area contributed by atoms with Crippen molar-refractivity contribution in [2.24, 2.45) is 9.98 Å². The van der Waals surface area contributed by atoms with Gasteiger partial charge >= 0.3 is 0 Å². The van der Waals surface area contributed by atoms with Crippen LogP contribution in [0.4, 0.5) is 11.4 Å². The molecule has 4 aromatic rings. The Labute approximate surface area is 175 Å². The Morgan fingerprint density at radius 3 is 1.33 bits per heavy atom. The maximum absolute atomic E-state index is 10.2. The third-order valence-corrected chi connectivity index (χ3v) is 5.01. The lowest BCUT2D eigenvalue weighted by Crippen LogP contribution is -1.96. The summed E-state index contributed by atoms with van der Waals surface area (Å²) in [6.07, 6.45) is 0. The molecule has 4 rings (SSSR count). The summed E-state index contributed by atoms with van der Waals surface area (Å²) in [6, 6.07) is 26.3. The fraction of sp³-hybridized carbons (Fsp3) is 0.0769. The molecule has 0 bridgehead atoms. The molecule has 4 nitrogen and oxygen atoms in total. The molecule has 0 heterocycles. The normalized spacial score (nSPS) is 12.3. The Morgan fingerprint density at radius 1 is 0.567 bits per heavy atom. The summed E-state index contributed by atoms with van der Waals surface area (Å²) < 4.78 is 0. The molecular weight excluding hydrogens is 372 g/mol. The lowest BCUT2D eigenvalue weighted by Gasteiger charge is -2.09. The average Bonchev–Trinajstić information content (AvgIpc) is 2.74. The number of hydrogen-bond acceptors (Lipinski definition) is 4. The highest BCUT2D eigenvalue weighted by molar-refractivity contribution is 6.06. The van der Waals surface area contributed by atoms with Gasteiger partial charge in [0.2, 0.25) is 0 Å². The first-order valence-corrected chi connectivity index (χ1v) is 9.73. The van der Waals surface area contributed by atoms with Gasteiger partial charge in [-0.2, -0.15) is 0 Å². The maximum atomic E-state index is 10.2. The minimum Gasteiger partial charge on any atom is -0.507 e. The number of phenolic OH excluding ortho intramolecular Hbond substituents is 2. The molecule has 4 heteroatoms. The number of hydrogen-bond donors (Lipinski definition) is 2. The molecule has 0 atom stereocenters. The van der Waals surface area contributed by atoms with E-state index in [0.717, 1.165) is 10.8 Å². The molecule has 30 heavy (non-hydrogen) atoms. The largest absolute Gasteiger partial charge is 0.507 e. The van der Waals surface area contributed by atoms with Gasteiger partial charge < -0.3 is 10.2 Å². The number of aliphatic imine (C=N–C) groups is 2. The SMILES string of the molecule is CC(=Nc1cc2ccccc2cc1N=C(C)c1ccccc1O)c1ccccc1O. The molecule has 0 unspecified atom stereocenters. The third kappa shape index (κ3) is 3.94. The van der Waals surface area contributed by atoms with Crippen molar-refractivity contribution < 1.29 is 10.2 Å². The van der Waals surface area contributed by atoms with Gasteiger partial charge in [-0.05, 0) is 61.0 Å². The van der Waals surface area contributed by atoms with E-state index >= 15 is 0 Å². The molecule has 0 aromatic heterocycles. The van der Waals surface area contributed by atoms with Crippen LogP contribution < -0.4 is 0 Å². The zero-order valence-corrected chi connectivity index (χ0v) is 16.9. The first kappa shape index (κ1) is 19.4. The Balaban J connectivity index is 1.88. The second kappa shape index (κ2) is 8.21. The van der Waals surface area contributed by atoms with Crippen molar-refractivity contribution in [2.75, 3.05) is 0 Å². The molecule has 0 spiro atoms. The van der Waals surface area contributed by atoms with Crippen LogP contribution in [0.2, 0.25) is 0 Å². The molecule has 2 N–H and O–H groups in total. The Bertz CT molecular complexity index is 1190. The third-order valence-electron chi connectivity index (χ3n) is 5.01. The van der Waals surface area contributed by atoms with E-state index in [4.69, 9.17) is 9.98 Å². The molecule has 0 aliphatic carbocycles. The minimum atomic E-state index is 0.190. The van der Waals surface area contributed by atoms with Gasteiger partial charge in [-0.1, -0.05) is 48.5 Å². The number of benzene rings is 4. The smallest absolute Gasteiger partial charge is 0.124 e. The Hall–Kier alpha value is -3.92. The van der Waals surface area contributed by atoms with Crippen molar-refractivity contribution in [1.82, 2.24) is 0 Å². The summed E-state index contributed by atoms with van der Waals surface area (Å²) >= 11 is 0. The molecule has 4 aromatic carbocycles. The second-order valence-corrected chi connectivity index (χ2v) is 7.12. The number of aromatic hydroxyl groups is 2. The van der Waals surface area contributed by atoms with Crippen molar-refractivity contribution in [1.29, 1.82) is 0 Å². The van der Waals surface area contributed by atoms with Gasteiger partial charge in [0, 0.05) is 22.6 Å². The standard InChI is InChI=1S/C26H22N2O2/c1-17(21-11-5-7-13-25(21)29)27-23-15-19-9-3-4-10-20(19)16-24(23)28-18(2)22-12-6-8-14-26(22)30/h3-16,29-30H,1-2H3. The van der Waals surface area contributed by atoms with Crippen molar-refractivity contribution in [3.05, 3.63) is 96.1 Å². The van der Waals surface area contributed by atoms with Crippen LogP contribution in [0.1, 0.15) is 25.0 Å². The van der Waals surface area contributed by atoms with E-state index in [9.17, 15) is 10.2 Å². The quantitative estimate of drug-likeness (QED) is 0.386. The van der Waals surface area contributed by atoms with Crippen LogP contribution in [0.25, 0.3) is 10.8 Å². The first-order chi connectivity index (χ1) is 14.5. The molecule has 0 fully saturated rings. The number of para-hydroxylation sites is 2. The van der Waals surface area contributed by atoms with E-state index in [1.807, 2.05) is 74.5 Å². The number of phenols is 2. The summed E-state index contributed by atoms with van der Waals surface area (Å²) in [4.78, 5) is 9.59. The van der Waals surface area contributed by atoms with Crippen LogP contribution in [0.15, 0.2) is 94.9 Å². The zero-order chi connectivity index (χ0) is 21.1. The molecular formula is C26H22N2O2. The van der Waals surface area contributed by atoms with Crippen LogP contribution in [0.5, 0.6) is 11.5 Å². The van der Waals surface area contributed by atoms with Gasteiger partial charge in [-0.3, -0.25) is 9.98 Å². The predicted molar refractivity (Wildman–Crippen MR) is 124 cm³/mol. The van der Waals surface area contributed by atoms with Crippen LogP contribution >= 0.6 is 0 Å². The monoisotopic (exact) mass is 394 g/mol. The van der Waals surface area contributed by atoms with E-state index in [-0.39, 0.29) is 11.5 Å². The highest BCUT2D eigenvalue weighted by Gasteiger charge is 2.10. The molecule has 0 aliphatic heterocycles. The first-order valence-electron chi connectivity index (χ1n) is 9.73. The second-order valence-electron chi connectivity index (χ2n) is 7.12. The number of fused-ring (bicyclic) bond motifs is 1. The highest BCUT2D eigenvalue weighted by atomic mass is 16.3. The average molecular weight is 394 g/mol. The van der Waals surface area contributed by atoms with E-state index in [0.29, 0.717) is 33.9 Å². The van der Waals surface area contributed by atoms with Gasteiger partial charge in [-0.15, -0.1) is 0 Å². The lowest BCUT2D eigenvalue weighted by molar-refractivity contribution is 0.473. The molecule has 0 saturated carbocycles. The molecule has 0 radical (unpaired) electrons. The van der Waals surface area contributed by atoms with Crippen molar-refractivity contribution in [2.45, 2.75) is 13.8 Å². The number of nitrogens with zero attached hydrogens (tertiary/aromatic N) is 2. The Morgan fingerprint density at radius 2 is 0.933 bits per heavy atom. The van der Waals surface area contributed by atoms with Crippen LogP contribution in [0.3, 0.4) is 0 Å². The van der Waals surface area contributed by atoms with E-state index < -0.39 is 0 Å². The van der Waals surface area contributed by atoms with Gasteiger partial charge in [0.25, 0.3) is 0 Å². The maximum Gasteiger partial charge on any atom is 0.124 e. The fourth-order valence-electron chi connectivity index (χ4n) is 3.44. The van der Waals surface area contributed by atoms with Crippen molar-refractivity contribution >= 4 is 33.6 Å². The van der Waals surface area contributed by atoms with Crippen molar-refractivity contribution in [3.63, 3.8) is 0 Å². The Kier molecular flexibility index (Phi) is 5.31. The topological polar surface area (TPSA) is 65.2 Å². The van der Waals surface area contributed by atoms with Crippen LogP contribution in [-0.2, 0) is 0 Å². The molecule has 148 valence electrons. The highest BCUT2D eigenvalue weighted by Crippen LogP contribution is 2.35. The van der Waals surface area contributed by atoms with Gasteiger partial charge in [0.15, 0.2) is 0 Å². The van der Waals surface area contributed by atoms with Crippen LogP contribution in [-0.4, -0.2) is 21.6 Å². The van der Waals surface area contributed by atoms with E-state index in [1.165, 1.54) is 0 Å². The van der Waals surface area contributed by atoms with Gasteiger partial charge in [0.05, 0.1) is 11.4 Å². The van der Waals surface area contributed by atoms with Gasteiger partial charge in [-0.25, -0.2) is 0 Å². The van der Waals surface area contributed by atoms with E-state index in [2.05, 4.69) is 0 Å². The summed E-state index contributed by atoms with van der Waals surface area (Å²) in [7, 11) is 0. The lowest BCUT2D eigenvalue weighted by atomic mass is 10.1.